The molecule has 0 N–H and O–H groups in total. The number of alkyl halides is 3. The van der Waals surface area contributed by atoms with E-state index in [4.69, 9.17) is 0 Å². The van der Waals surface area contributed by atoms with Crippen molar-refractivity contribution in [1.82, 2.24) is 19.4 Å². The van der Waals surface area contributed by atoms with E-state index >= 15 is 0 Å². The molecule has 0 bridgehead atoms. The summed E-state index contributed by atoms with van der Waals surface area (Å²) in [6.45, 7) is 3.62. The average Bonchev–Trinajstić information content (AvgIpc) is 3.67. The van der Waals surface area contributed by atoms with E-state index in [9.17, 15) is 22.8 Å². The molecule has 4 aromatic rings. The van der Waals surface area contributed by atoms with Crippen LogP contribution in [0.25, 0.3) is 5.13 Å². The van der Waals surface area contributed by atoms with Gasteiger partial charge in [0.15, 0.2) is 5.13 Å². The molecule has 2 aliphatic heterocycles. The number of hydrogen-bond acceptors (Lipinski definition) is 6. The second kappa shape index (κ2) is 9.97. The van der Waals surface area contributed by atoms with E-state index in [0.717, 1.165) is 47.5 Å². The van der Waals surface area contributed by atoms with E-state index in [1.165, 1.54) is 12.1 Å². The number of hydrogen-bond donors (Lipinski definition) is 0. The number of fused-ring (bicyclic) bond motifs is 1. The molecule has 11 heteroatoms. The Morgan fingerprint density at radius 2 is 1.64 bits per heavy atom. The lowest BCUT2D eigenvalue weighted by atomic mass is 10.1. The summed E-state index contributed by atoms with van der Waals surface area (Å²) in [5.41, 5.74) is 2.24. The first kappa shape index (κ1) is 25.3. The number of anilines is 1. The predicted octanol–water partition coefficient (Wildman–Crippen LogP) is 5.07. The number of halogens is 3. The first-order valence-electron chi connectivity index (χ1n) is 12.5. The predicted molar refractivity (Wildman–Crippen MR) is 141 cm³/mol. The Kier molecular flexibility index (Phi) is 6.48. The number of rotatable bonds is 6. The fourth-order valence-electron chi connectivity index (χ4n) is 5.15. The Bertz CT molecular complexity index is 1510. The molecule has 1 fully saturated rings. The number of nitrogens with zero attached hydrogens (tertiary/aromatic N) is 5. The molecule has 4 heterocycles. The molecule has 1 saturated heterocycles. The van der Waals surface area contributed by atoms with E-state index in [1.54, 1.807) is 29.7 Å². The highest BCUT2D eigenvalue weighted by atomic mass is 32.1. The van der Waals surface area contributed by atoms with Gasteiger partial charge in [0.25, 0.3) is 11.8 Å². The van der Waals surface area contributed by atoms with Crippen molar-refractivity contribution in [3.8, 4) is 5.13 Å². The lowest BCUT2D eigenvalue weighted by Gasteiger charge is -2.36. The van der Waals surface area contributed by atoms with Gasteiger partial charge in [-0.1, -0.05) is 18.2 Å². The number of piperazine rings is 1. The minimum absolute atomic E-state index is 0.0869. The second-order valence-corrected chi connectivity index (χ2v) is 10.4. The van der Waals surface area contributed by atoms with Crippen LogP contribution in [0.15, 0.2) is 72.4 Å². The molecule has 39 heavy (non-hydrogen) atoms. The van der Waals surface area contributed by atoms with Gasteiger partial charge in [-0.3, -0.25) is 24.0 Å². The fraction of sp³-hybridized carbons (Fsp3) is 0.250. The van der Waals surface area contributed by atoms with Crippen molar-refractivity contribution >= 4 is 28.8 Å². The number of thiazole rings is 1. The number of amides is 2. The van der Waals surface area contributed by atoms with Gasteiger partial charge in [0, 0.05) is 56.2 Å². The van der Waals surface area contributed by atoms with Crippen molar-refractivity contribution < 1.29 is 22.8 Å². The number of benzene rings is 2. The molecule has 0 saturated carbocycles. The van der Waals surface area contributed by atoms with E-state index in [2.05, 4.69) is 25.4 Å². The highest BCUT2D eigenvalue weighted by Crippen LogP contribution is 2.34. The molecular weight excluding hydrogens is 527 g/mol. The van der Waals surface area contributed by atoms with Gasteiger partial charge in [0.2, 0.25) is 0 Å². The molecule has 0 radical (unpaired) electrons. The summed E-state index contributed by atoms with van der Waals surface area (Å²) in [5, 5.41) is 2.88. The molecule has 2 aromatic heterocycles. The molecular formula is C28H24F3N5O2S. The Morgan fingerprint density at radius 1 is 0.872 bits per heavy atom. The van der Waals surface area contributed by atoms with E-state index in [1.807, 2.05) is 23.7 Å². The van der Waals surface area contributed by atoms with Gasteiger partial charge in [-0.15, -0.1) is 11.3 Å². The summed E-state index contributed by atoms with van der Waals surface area (Å²) in [6, 6.07) is 13.9. The summed E-state index contributed by atoms with van der Waals surface area (Å²) in [7, 11) is 0. The van der Waals surface area contributed by atoms with Gasteiger partial charge in [-0.2, -0.15) is 13.2 Å². The zero-order valence-corrected chi connectivity index (χ0v) is 21.6. The van der Waals surface area contributed by atoms with Crippen molar-refractivity contribution in [2.45, 2.75) is 19.3 Å². The van der Waals surface area contributed by atoms with Gasteiger partial charge in [0.1, 0.15) is 0 Å². The second-order valence-electron chi connectivity index (χ2n) is 9.54. The molecule has 2 aliphatic rings. The van der Waals surface area contributed by atoms with Gasteiger partial charge >= 0.3 is 6.18 Å². The van der Waals surface area contributed by atoms with Crippen LogP contribution < -0.4 is 4.90 Å². The summed E-state index contributed by atoms with van der Waals surface area (Å²) >= 11 is 1.58. The minimum atomic E-state index is -4.45. The van der Waals surface area contributed by atoms with E-state index in [-0.39, 0.29) is 6.54 Å². The lowest BCUT2D eigenvalue weighted by Crippen LogP contribution is -2.46. The van der Waals surface area contributed by atoms with Gasteiger partial charge in [-0.05, 0) is 42.0 Å². The van der Waals surface area contributed by atoms with Gasteiger partial charge in [-0.25, -0.2) is 4.98 Å². The molecule has 0 spiro atoms. The summed E-state index contributed by atoms with van der Waals surface area (Å²) in [6.07, 6.45) is -0.646. The van der Waals surface area contributed by atoms with Crippen LogP contribution in [-0.2, 0) is 19.3 Å². The number of aromatic nitrogens is 2. The SMILES string of the molecule is O=C1c2cccc(N3CCN(Cc4cccn4-c4nccs4)CC3)c2C(=O)N1Cc1ccc(C(F)(F)F)cc1. The van der Waals surface area contributed by atoms with E-state index < -0.39 is 23.6 Å². The Balaban J connectivity index is 1.14. The highest BCUT2D eigenvalue weighted by Gasteiger charge is 2.39. The lowest BCUT2D eigenvalue weighted by molar-refractivity contribution is -0.137. The molecule has 0 unspecified atom stereocenters. The Hall–Kier alpha value is -3.96. The van der Waals surface area contributed by atoms with Crippen LogP contribution in [0.2, 0.25) is 0 Å². The van der Waals surface area contributed by atoms with Crippen LogP contribution in [0.1, 0.15) is 37.5 Å². The van der Waals surface area contributed by atoms with Crippen molar-refractivity contribution in [2.75, 3.05) is 31.1 Å². The quantitative estimate of drug-likeness (QED) is 0.313. The van der Waals surface area contributed by atoms with Crippen LogP contribution >= 0.6 is 11.3 Å². The summed E-state index contributed by atoms with van der Waals surface area (Å²) < 4.78 is 40.8. The van der Waals surface area contributed by atoms with Crippen LogP contribution in [-0.4, -0.2) is 57.3 Å². The standard InChI is InChI=1S/C28H24F3N5O2S/c29-28(30,31)20-8-6-19(7-9-20)17-36-25(37)22-4-1-5-23(24(22)26(36)38)34-14-12-33(13-15-34)18-21-3-2-11-35(21)27-32-10-16-39-27/h1-11,16H,12-15,17-18H2. The first-order valence-corrected chi connectivity index (χ1v) is 13.4. The molecule has 2 aromatic carbocycles. The van der Waals surface area contributed by atoms with Crippen molar-refractivity contribution in [3.05, 3.63) is 100 Å². The zero-order chi connectivity index (χ0) is 27.1. The first-order chi connectivity index (χ1) is 18.8. The number of carbonyl (C=O) groups is 2. The maximum absolute atomic E-state index is 13.4. The maximum Gasteiger partial charge on any atom is 0.416 e. The largest absolute Gasteiger partial charge is 0.416 e. The Morgan fingerprint density at radius 3 is 2.33 bits per heavy atom. The van der Waals surface area contributed by atoms with Gasteiger partial charge < -0.3 is 4.90 Å². The Labute approximate surface area is 226 Å². The van der Waals surface area contributed by atoms with Gasteiger partial charge in [0.05, 0.1) is 28.9 Å². The molecule has 0 aliphatic carbocycles. The van der Waals surface area contributed by atoms with Crippen molar-refractivity contribution in [2.24, 2.45) is 0 Å². The minimum Gasteiger partial charge on any atom is -0.368 e. The third-order valence-corrected chi connectivity index (χ3v) is 7.93. The molecule has 6 rings (SSSR count). The average molecular weight is 552 g/mol. The monoisotopic (exact) mass is 551 g/mol. The highest BCUT2D eigenvalue weighted by molar-refractivity contribution is 7.12. The zero-order valence-electron chi connectivity index (χ0n) is 20.8. The number of imide groups is 1. The number of carbonyl (C=O) groups excluding carboxylic acids is 2. The maximum atomic E-state index is 13.4. The third-order valence-electron chi connectivity index (χ3n) is 7.16. The molecule has 7 nitrogen and oxygen atoms in total. The van der Waals surface area contributed by atoms with Crippen LogP contribution in [0, 0.1) is 0 Å². The fourth-order valence-corrected chi connectivity index (χ4v) is 5.80. The molecule has 200 valence electrons. The molecule has 0 atom stereocenters. The summed E-state index contributed by atoms with van der Waals surface area (Å²) in [5.74, 6) is -0.854. The smallest absolute Gasteiger partial charge is 0.368 e. The van der Waals surface area contributed by atoms with Crippen LogP contribution in [0.4, 0.5) is 18.9 Å². The molecule has 2 amide bonds. The summed E-state index contributed by atoms with van der Waals surface area (Å²) in [4.78, 5) is 36.5. The van der Waals surface area contributed by atoms with Crippen LogP contribution in [0.3, 0.4) is 0 Å². The van der Waals surface area contributed by atoms with E-state index in [0.29, 0.717) is 35.5 Å². The normalized spacial score (nSPS) is 16.3. The third kappa shape index (κ3) is 4.83. The topological polar surface area (TPSA) is 61.7 Å². The van der Waals surface area contributed by atoms with Crippen molar-refractivity contribution in [1.29, 1.82) is 0 Å². The van der Waals surface area contributed by atoms with Crippen molar-refractivity contribution in [3.63, 3.8) is 0 Å². The van der Waals surface area contributed by atoms with Crippen LogP contribution in [0.5, 0.6) is 0 Å².